The largest absolute Gasteiger partial charge is 0.549 e. The van der Waals surface area contributed by atoms with Gasteiger partial charge in [-0.05, 0) is 77.0 Å². The van der Waals surface area contributed by atoms with E-state index in [2.05, 4.69) is 0 Å². The molecule has 0 N–H and O–H groups in total. The van der Waals surface area contributed by atoms with E-state index in [1.54, 1.807) is 62.4 Å². The van der Waals surface area contributed by atoms with Gasteiger partial charge < -0.3 is 29.7 Å². The Morgan fingerprint density at radius 1 is 0.440 bits per heavy atom. The Hall–Kier alpha value is -1.91. The summed E-state index contributed by atoms with van der Waals surface area (Å²) >= 11 is 1.70. The van der Waals surface area contributed by atoms with E-state index < -0.39 is 34.2 Å². The molecule has 0 spiro atoms. The molecule has 0 aromatic heterocycles. The second kappa shape index (κ2) is 28.7. The molecule has 0 saturated heterocycles. The minimum Gasteiger partial charge on any atom is -0.549 e. The number of Topliss-reactive ketones (excluding diaryl/α,β-unsaturated/α-hetero) is 3. The van der Waals surface area contributed by atoms with Gasteiger partial charge in [-0.3, -0.25) is 14.4 Å². The number of hydrogen-bond donors (Lipinski definition) is 0. The average Bonchev–Trinajstić information content (AvgIpc) is 3.09. The van der Waals surface area contributed by atoms with Gasteiger partial charge in [0.2, 0.25) is 0 Å². The van der Waals surface area contributed by atoms with Crippen molar-refractivity contribution in [3.05, 3.63) is 0 Å². The molecule has 0 radical (unpaired) electrons. The Morgan fingerprint density at radius 2 is 0.580 bits per heavy atom. The normalized spacial score (nSPS) is 11.6. The molecule has 0 rings (SSSR count). The van der Waals surface area contributed by atoms with Crippen molar-refractivity contribution < 1.29 is 68.2 Å². The number of carbonyl (C=O) groups excluding carboxylic acids is 6. The van der Waals surface area contributed by atoms with Gasteiger partial charge in [-0.1, -0.05) is 83.1 Å². The van der Waals surface area contributed by atoms with Crippen molar-refractivity contribution >= 4 is 35.3 Å². The standard InChI is InChI=1S/3C12H22O3.C3H7O.Ti/c3*1-5-9(6-2)10(13)12(7-3,8-4)11(14)15;1-3(2)4;/h3*9H,5-8H2,1-4H3,(H,14,15);3H,1-2H3;/q;;;-1;+4/p-3. The van der Waals surface area contributed by atoms with Crippen LogP contribution < -0.4 is 15.3 Å². The van der Waals surface area contributed by atoms with E-state index in [0.717, 1.165) is 0 Å². The van der Waals surface area contributed by atoms with Gasteiger partial charge in [0.05, 0.1) is 34.2 Å². The van der Waals surface area contributed by atoms with Crippen molar-refractivity contribution in [2.75, 3.05) is 0 Å². The number of hydrogen-bond acceptors (Lipinski definition) is 10. The number of carboxylic acids is 3. The molecular formula is C39H70O10Ti. The number of ketones is 3. The van der Waals surface area contributed by atoms with Crippen LogP contribution >= 0.6 is 0 Å². The monoisotopic (exact) mass is 746 g/mol. The molecule has 0 heterocycles. The third-order valence-corrected chi connectivity index (χ3v) is 11.2. The van der Waals surface area contributed by atoms with E-state index >= 15 is 0 Å². The molecule has 0 aromatic rings. The zero-order valence-electron chi connectivity index (χ0n) is 33.9. The van der Waals surface area contributed by atoms with Crippen LogP contribution in [0.3, 0.4) is 0 Å². The average molecular weight is 747 g/mol. The Morgan fingerprint density at radius 3 is 0.640 bits per heavy atom. The smallest absolute Gasteiger partial charge is 0.147 e. The van der Waals surface area contributed by atoms with Gasteiger partial charge in [-0.25, -0.2) is 0 Å². The molecule has 10 nitrogen and oxygen atoms in total. The van der Waals surface area contributed by atoms with Crippen LogP contribution in [0, 0.1) is 34.0 Å². The molecule has 290 valence electrons. The predicted molar refractivity (Wildman–Crippen MR) is 188 cm³/mol. The van der Waals surface area contributed by atoms with Gasteiger partial charge in [0.15, 0.2) is 0 Å². The van der Waals surface area contributed by atoms with Crippen molar-refractivity contribution in [1.29, 1.82) is 0 Å². The molecule has 0 atom stereocenters. The topological polar surface area (TPSA) is 181 Å². The summed E-state index contributed by atoms with van der Waals surface area (Å²) in [6.45, 7) is 25.9. The molecule has 0 aliphatic rings. The maximum absolute atomic E-state index is 12.1. The van der Waals surface area contributed by atoms with Crippen molar-refractivity contribution in [3.8, 4) is 0 Å². The van der Waals surface area contributed by atoms with Crippen LogP contribution in [-0.4, -0.2) is 41.4 Å². The molecule has 0 aliphatic heterocycles. The van der Waals surface area contributed by atoms with Gasteiger partial charge in [-0.2, -0.15) is 0 Å². The van der Waals surface area contributed by atoms with Crippen LogP contribution in [0.4, 0.5) is 0 Å². The van der Waals surface area contributed by atoms with Gasteiger partial charge in [0, 0.05) is 17.8 Å². The Kier molecular flexibility index (Phi) is 31.4. The summed E-state index contributed by atoms with van der Waals surface area (Å²) in [7, 11) is 0. The van der Waals surface area contributed by atoms with Crippen LogP contribution in [0.1, 0.15) is 174 Å². The molecule has 0 bridgehead atoms. The summed E-state index contributed by atoms with van der Waals surface area (Å²) in [5.74, 6) is -4.57. The Bertz CT molecular complexity index is 864. The number of carboxylic acid groups (broad SMARTS) is 3. The van der Waals surface area contributed by atoms with Crippen LogP contribution in [0.25, 0.3) is 0 Å². The van der Waals surface area contributed by atoms with Crippen molar-refractivity contribution in [3.63, 3.8) is 0 Å². The predicted octanol–water partition coefficient (Wildman–Crippen LogP) is 5.52. The summed E-state index contributed by atoms with van der Waals surface area (Å²) in [5, 5.41) is 33.4. The zero-order chi connectivity index (χ0) is 40.5. The fourth-order valence-electron chi connectivity index (χ4n) is 6.11. The second-order valence-corrected chi connectivity index (χ2v) is 13.4. The first-order chi connectivity index (χ1) is 23.3. The summed E-state index contributed by atoms with van der Waals surface area (Å²) in [5.41, 5.74) is -3.80. The Labute approximate surface area is 316 Å². The van der Waals surface area contributed by atoms with Crippen LogP contribution in [-0.2, 0) is 52.9 Å². The number of aliphatic carboxylic acids is 3. The summed E-state index contributed by atoms with van der Waals surface area (Å²) in [6, 6.07) is 0. The minimum atomic E-state index is -1.27. The van der Waals surface area contributed by atoms with Crippen molar-refractivity contribution in [2.45, 2.75) is 180 Å². The van der Waals surface area contributed by atoms with Crippen molar-refractivity contribution in [2.24, 2.45) is 34.0 Å². The van der Waals surface area contributed by atoms with Crippen LogP contribution in [0.5, 0.6) is 0 Å². The van der Waals surface area contributed by atoms with E-state index in [4.69, 9.17) is 3.32 Å². The van der Waals surface area contributed by atoms with Gasteiger partial charge in [-0.15, -0.1) is 0 Å². The number of rotatable bonds is 22. The molecule has 0 aliphatic carbocycles. The number of carbonyl (C=O) groups is 6. The third-order valence-electron chi connectivity index (χ3n) is 10.5. The first kappa shape index (κ1) is 54.9. The van der Waals surface area contributed by atoms with E-state index in [1.807, 2.05) is 55.4 Å². The van der Waals surface area contributed by atoms with Gasteiger partial charge >= 0.3 is 44.1 Å². The fraction of sp³-hybridized carbons (Fsp3) is 0.846. The van der Waals surface area contributed by atoms with Gasteiger partial charge in [0.25, 0.3) is 0 Å². The first-order valence-electron chi connectivity index (χ1n) is 18.9. The zero-order valence-corrected chi connectivity index (χ0v) is 35.4. The first-order valence-corrected chi connectivity index (χ1v) is 19.5. The molecule has 50 heavy (non-hydrogen) atoms. The van der Waals surface area contributed by atoms with Crippen LogP contribution in [0.2, 0.25) is 0 Å². The molecule has 0 aromatic carbocycles. The Balaban J connectivity index is -0.000000296. The molecule has 0 amide bonds. The summed E-state index contributed by atoms with van der Waals surface area (Å²) in [4.78, 5) is 69.7. The molecular weight excluding hydrogens is 676 g/mol. The molecule has 11 heteroatoms. The SMILES string of the molecule is CC(C)[O][Ti+3].CCC(CC)C(=O)C(CC)(CC)C(=O)[O-].CCC(CC)C(=O)C(CC)(CC)C(=O)[O-].CCC(CC)C(=O)C(CC)(CC)C(=O)[O-]. The third kappa shape index (κ3) is 15.4. The second-order valence-electron chi connectivity index (χ2n) is 13.0. The summed E-state index contributed by atoms with van der Waals surface area (Å²) in [6.07, 6.45) is 6.50. The van der Waals surface area contributed by atoms with Crippen molar-refractivity contribution in [1.82, 2.24) is 0 Å². The van der Waals surface area contributed by atoms with Crippen LogP contribution in [0.15, 0.2) is 0 Å². The molecule has 0 fully saturated rings. The quantitative estimate of drug-likeness (QED) is 0.101. The van der Waals surface area contributed by atoms with E-state index in [0.29, 0.717) is 83.2 Å². The molecule has 0 unspecified atom stereocenters. The maximum atomic E-state index is 12.1. The van der Waals surface area contributed by atoms with Gasteiger partial charge in [0.1, 0.15) is 17.3 Å². The maximum Gasteiger partial charge on any atom is 0.147 e. The molecule has 0 saturated carbocycles. The van der Waals surface area contributed by atoms with E-state index in [-0.39, 0.29) is 35.1 Å². The van der Waals surface area contributed by atoms with E-state index in [9.17, 15) is 44.1 Å². The minimum absolute atomic E-state index is 0.150. The summed E-state index contributed by atoms with van der Waals surface area (Å²) < 4.78 is 4.75. The fourth-order valence-corrected chi connectivity index (χ4v) is 6.11. The van der Waals surface area contributed by atoms with E-state index in [1.165, 1.54) is 0 Å².